The van der Waals surface area contributed by atoms with Crippen LogP contribution < -0.4 is 5.32 Å². The first-order valence-electron chi connectivity index (χ1n) is 7.10. The minimum atomic E-state index is -0.525. The van der Waals surface area contributed by atoms with E-state index in [1.165, 1.54) is 0 Å². The van der Waals surface area contributed by atoms with Gasteiger partial charge in [0.05, 0.1) is 13.2 Å². The highest BCUT2D eigenvalue weighted by Crippen LogP contribution is 2.07. The molecule has 2 N–H and O–H groups in total. The number of nitrogens with one attached hydrogen (secondary N) is 1. The van der Waals surface area contributed by atoms with Crippen LogP contribution in [0, 0.1) is 5.92 Å². The molecule has 1 aromatic rings. The number of hydrogen-bond donors (Lipinski definition) is 2. The molecule has 21 heavy (non-hydrogen) atoms. The predicted octanol–water partition coefficient (Wildman–Crippen LogP) is 2.34. The van der Waals surface area contributed by atoms with Gasteiger partial charge in [0.25, 0.3) is 0 Å². The number of aliphatic hydroxyl groups excluding tert-OH is 1. The first-order chi connectivity index (χ1) is 9.90. The van der Waals surface area contributed by atoms with Crippen LogP contribution >= 0.6 is 0 Å². The smallest absolute Gasteiger partial charge is 0.407 e. The molecule has 1 rings (SSSR count). The summed E-state index contributed by atoms with van der Waals surface area (Å²) in [4.78, 5) is 11.5. The van der Waals surface area contributed by atoms with Crippen LogP contribution in [0.1, 0.15) is 26.3 Å². The Kier molecular flexibility index (Phi) is 7.19. The van der Waals surface area contributed by atoms with Gasteiger partial charge in [-0.3, -0.25) is 0 Å². The summed E-state index contributed by atoms with van der Waals surface area (Å²) < 4.78 is 10.7. The number of benzene rings is 1. The van der Waals surface area contributed by atoms with Crippen LogP contribution in [0.15, 0.2) is 30.3 Å². The average molecular weight is 295 g/mol. The zero-order valence-electron chi connectivity index (χ0n) is 13.0. The Morgan fingerprint density at radius 1 is 1.29 bits per heavy atom. The van der Waals surface area contributed by atoms with Crippen molar-refractivity contribution in [2.45, 2.75) is 33.0 Å². The van der Waals surface area contributed by atoms with Gasteiger partial charge in [-0.15, -0.1) is 0 Å². The number of amides is 1. The molecule has 118 valence electrons. The third-order valence-corrected chi connectivity index (χ3v) is 2.66. The monoisotopic (exact) mass is 295 g/mol. The molecule has 0 aliphatic carbocycles. The normalized spacial score (nSPS) is 12.8. The van der Waals surface area contributed by atoms with Gasteiger partial charge < -0.3 is 19.9 Å². The summed E-state index contributed by atoms with van der Waals surface area (Å²) in [7, 11) is 0. The lowest BCUT2D eigenvalue weighted by Gasteiger charge is -2.21. The van der Waals surface area contributed by atoms with Crippen molar-refractivity contribution in [3.63, 3.8) is 0 Å². The fraction of sp³-hybridized carbons (Fsp3) is 0.562. The zero-order chi connectivity index (χ0) is 15.7. The van der Waals surface area contributed by atoms with Crippen LogP contribution in [-0.2, 0) is 16.1 Å². The van der Waals surface area contributed by atoms with Gasteiger partial charge in [-0.05, 0) is 26.3 Å². The van der Waals surface area contributed by atoms with Gasteiger partial charge in [-0.25, -0.2) is 4.79 Å². The van der Waals surface area contributed by atoms with Crippen molar-refractivity contribution in [2.75, 3.05) is 19.8 Å². The Morgan fingerprint density at radius 2 is 1.95 bits per heavy atom. The number of ether oxygens (including phenoxy) is 2. The summed E-state index contributed by atoms with van der Waals surface area (Å²) in [6, 6.07) is 9.81. The van der Waals surface area contributed by atoms with Crippen molar-refractivity contribution >= 4 is 6.09 Å². The quantitative estimate of drug-likeness (QED) is 0.810. The van der Waals surface area contributed by atoms with Gasteiger partial charge >= 0.3 is 6.09 Å². The van der Waals surface area contributed by atoms with E-state index >= 15 is 0 Å². The maximum Gasteiger partial charge on any atom is 0.407 e. The fourth-order valence-corrected chi connectivity index (χ4v) is 1.64. The number of rotatable bonds is 7. The van der Waals surface area contributed by atoms with Crippen molar-refractivity contribution in [3.05, 3.63) is 35.9 Å². The molecule has 0 fully saturated rings. The standard InChI is InChI=1S/C16H25NO4/c1-16(2,3)21-15(19)17-9-14(10-18)12-20-11-13-7-5-4-6-8-13/h4-8,14,18H,9-12H2,1-3H3,(H,17,19). The molecule has 0 radical (unpaired) electrons. The molecule has 0 heterocycles. The second-order valence-electron chi connectivity index (χ2n) is 5.93. The highest BCUT2D eigenvalue weighted by molar-refractivity contribution is 5.67. The Hall–Kier alpha value is -1.59. The number of carbonyl (C=O) groups is 1. The maximum absolute atomic E-state index is 11.5. The maximum atomic E-state index is 11.5. The zero-order valence-corrected chi connectivity index (χ0v) is 13.0. The van der Waals surface area contributed by atoms with E-state index in [1.807, 2.05) is 30.3 Å². The van der Waals surface area contributed by atoms with E-state index in [4.69, 9.17) is 9.47 Å². The molecule has 0 bridgehead atoms. The Morgan fingerprint density at radius 3 is 2.52 bits per heavy atom. The van der Waals surface area contributed by atoms with Crippen LogP contribution in [0.5, 0.6) is 0 Å². The second-order valence-corrected chi connectivity index (χ2v) is 5.93. The lowest BCUT2D eigenvalue weighted by molar-refractivity contribution is 0.0432. The van der Waals surface area contributed by atoms with E-state index in [0.29, 0.717) is 19.8 Å². The molecule has 1 amide bonds. The molecule has 5 nitrogen and oxygen atoms in total. The van der Waals surface area contributed by atoms with E-state index in [1.54, 1.807) is 20.8 Å². The lowest BCUT2D eigenvalue weighted by Crippen LogP contribution is -2.37. The molecule has 0 aromatic heterocycles. The highest BCUT2D eigenvalue weighted by Gasteiger charge is 2.17. The first-order valence-corrected chi connectivity index (χ1v) is 7.10. The second kappa shape index (κ2) is 8.64. The van der Waals surface area contributed by atoms with Gasteiger partial charge in [0.1, 0.15) is 5.60 Å². The number of alkyl carbamates (subject to hydrolysis) is 1. The van der Waals surface area contributed by atoms with E-state index in [-0.39, 0.29) is 12.5 Å². The van der Waals surface area contributed by atoms with Crippen molar-refractivity contribution in [2.24, 2.45) is 5.92 Å². The Labute approximate surface area is 126 Å². The summed E-state index contributed by atoms with van der Waals surface area (Å²) in [6.07, 6.45) is -0.482. The summed E-state index contributed by atoms with van der Waals surface area (Å²) in [5.41, 5.74) is 0.553. The number of hydrogen-bond acceptors (Lipinski definition) is 4. The molecule has 0 aliphatic rings. The van der Waals surface area contributed by atoms with Crippen molar-refractivity contribution in [3.8, 4) is 0 Å². The summed E-state index contributed by atoms with van der Waals surface area (Å²) in [5, 5.41) is 11.9. The van der Waals surface area contributed by atoms with Gasteiger partial charge in [0.2, 0.25) is 0 Å². The van der Waals surface area contributed by atoms with Crippen molar-refractivity contribution < 1.29 is 19.4 Å². The molecule has 0 saturated heterocycles. The van der Waals surface area contributed by atoms with E-state index in [0.717, 1.165) is 5.56 Å². The minimum absolute atomic E-state index is 0.0510. The third-order valence-electron chi connectivity index (χ3n) is 2.66. The molecule has 1 aromatic carbocycles. The van der Waals surface area contributed by atoms with Crippen LogP contribution in [-0.4, -0.2) is 36.6 Å². The molecule has 0 saturated carbocycles. The van der Waals surface area contributed by atoms with Gasteiger partial charge in [-0.1, -0.05) is 30.3 Å². The van der Waals surface area contributed by atoms with Gasteiger partial charge in [0.15, 0.2) is 0 Å². The third kappa shape index (κ3) is 8.32. The van der Waals surface area contributed by atoms with E-state index in [2.05, 4.69) is 5.32 Å². The molecule has 0 aliphatic heterocycles. The summed E-state index contributed by atoms with van der Waals surface area (Å²) in [5.74, 6) is -0.152. The number of aliphatic hydroxyl groups is 1. The topological polar surface area (TPSA) is 67.8 Å². The van der Waals surface area contributed by atoms with Crippen LogP contribution in [0.25, 0.3) is 0 Å². The fourth-order valence-electron chi connectivity index (χ4n) is 1.64. The van der Waals surface area contributed by atoms with Gasteiger partial charge in [0, 0.05) is 19.1 Å². The van der Waals surface area contributed by atoms with Crippen LogP contribution in [0.2, 0.25) is 0 Å². The summed E-state index contributed by atoms with van der Waals surface area (Å²) >= 11 is 0. The molecule has 5 heteroatoms. The minimum Gasteiger partial charge on any atom is -0.444 e. The molecular formula is C16H25NO4. The lowest BCUT2D eigenvalue weighted by atomic mass is 10.2. The van der Waals surface area contributed by atoms with E-state index < -0.39 is 11.7 Å². The Bertz CT molecular complexity index is 414. The SMILES string of the molecule is CC(C)(C)OC(=O)NCC(CO)COCc1ccccc1. The summed E-state index contributed by atoms with van der Waals surface area (Å²) in [6.45, 7) is 6.55. The average Bonchev–Trinajstić information content (AvgIpc) is 2.42. The molecule has 1 atom stereocenters. The van der Waals surface area contributed by atoms with Crippen molar-refractivity contribution in [1.29, 1.82) is 0 Å². The molecule has 1 unspecified atom stereocenters. The molecule has 0 spiro atoms. The Balaban J connectivity index is 2.24. The highest BCUT2D eigenvalue weighted by atomic mass is 16.6. The van der Waals surface area contributed by atoms with Gasteiger partial charge in [-0.2, -0.15) is 0 Å². The largest absolute Gasteiger partial charge is 0.444 e. The van der Waals surface area contributed by atoms with Crippen molar-refractivity contribution in [1.82, 2.24) is 5.32 Å². The predicted molar refractivity (Wildman–Crippen MR) is 80.9 cm³/mol. The van der Waals surface area contributed by atoms with E-state index in [9.17, 15) is 9.90 Å². The van der Waals surface area contributed by atoms with Crippen LogP contribution in [0.4, 0.5) is 4.79 Å². The van der Waals surface area contributed by atoms with Crippen LogP contribution in [0.3, 0.4) is 0 Å². The number of carbonyl (C=O) groups excluding carboxylic acids is 1. The first kappa shape index (κ1) is 17.5. The molecular weight excluding hydrogens is 270 g/mol.